The molecule has 136 valence electrons. The van der Waals surface area contributed by atoms with Gasteiger partial charge < -0.3 is 4.55 Å². The first-order valence-electron chi connectivity index (χ1n) is 7.44. The second kappa shape index (κ2) is 10.9. The molecule has 0 aromatic rings. The van der Waals surface area contributed by atoms with Crippen LogP contribution in [-0.4, -0.2) is 55.9 Å². The summed E-state index contributed by atoms with van der Waals surface area (Å²) in [5.41, 5.74) is 0. The first-order chi connectivity index (χ1) is 9.76. The molecule has 0 aliphatic carbocycles. The van der Waals surface area contributed by atoms with Gasteiger partial charge in [-0.2, -0.15) is 0 Å². The van der Waals surface area contributed by atoms with Crippen LogP contribution >= 0.6 is 0 Å². The third-order valence-corrected chi connectivity index (χ3v) is 7.96. The lowest BCUT2D eigenvalue weighted by Crippen LogP contribution is -2.25. The van der Waals surface area contributed by atoms with Crippen LogP contribution in [0.2, 0.25) is 0 Å². The van der Waals surface area contributed by atoms with Crippen LogP contribution in [0.1, 0.15) is 47.5 Å². The molecule has 8 heteroatoms. The van der Waals surface area contributed by atoms with Crippen molar-refractivity contribution in [3.8, 4) is 0 Å². The van der Waals surface area contributed by atoms with Crippen LogP contribution in [0.4, 0.5) is 0 Å². The fraction of sp³-hybridized carbons (Fsp3) is 1.00. The average molecular weight is 377 g/mol. The summed E-state index contributed by atoms with van der Waals surface area (Å²) >= 11 is -0.611. The summed E-state index contributed by atoms with van der Waals surface area (Å²) in [6.07, 6.45) is 4.85. The summed E-state index contributed by atoms with van der Waals surface area (Å²) in [4.78, 5) is 0. The van der Waals surface area contributed by atoms with Crippen LogP contribution in [0.25, 0.3) is 0 Å². The molecule has 1 saturated heterocycles. The van der Waals surface area contributed by atoms with E-state index in [-0.39, 0.29) is 10.5 Å². The fourth-order valence-electron chi connectivity index (χ4n) is 1.68. The Morgan fingerprint density at radius 3 is 1.73 bits per heavy atom. The Labute approximate surface area is 140 Å². The van der Waals surface area contributed by atoms with E-state index in [1.807, 2.05) is 13.8 Å². The highest BCUT2D eigenvalue weighted by molar-refractivity contribution is 7.92. The Morgan fingerprint density at radius 1 is 1.23 bits per heavy atom. The van der Waals surface area contributed by atoms with Crippen molar-refractivity contribution < 1.29 is 21.4 Å². The van der Waals surface area contributed by atoms with E-state index in [0.29, 0.717) is 23.8 Å². The van der Waals surface area contributed by atoms with Crippen molar-refractivity contribution in [3.63, 3.8) is 0 Å². The van der Waals surface area contributed by atoms with Gasteiger partial charge >= 0.3 is 0 Å². The van der Waals surface area contributed by atoms with E-state index >= 15 is 0 Å². The summed E-state index contributed by atoms with van der Waals surface area (Å²) in [5, 5.41) is -0.421. The molecule has 0 saturated carbocycles. The lowest BCUT2D eigenvalue weighted by molar-refractivity contribution is 0.572. The summed E-state index contributed by atoms with van der Waals surface area (Å²) in [7, 11) is -5.42. The van der Waals surface area contributed by atoms with Gasteiger partial charge in [-0.05, 0) is 39.5 Å². The Balaban J connectivity index is 0. The van der Waals surface area contributed by atoms with Gasteiger partial charge in [0, 0.05) is 0 Å². The van der Waals surface area contributed by atoms with Gasteiger partial charge in [0.05, 0.1) is 34.5 Å². The van der Waals surface area contributed by atoms with E-state index in [0.717, 1.165) is 6.42 Å². The lowest BCUT2D eigenvalue weighted by atomic mass is 10.2. The number of rotatable bonds is 3. The molecule has 1 aliphatic rings. The van der Waals surface area contributed by atoms with Crippen molar-refractivity contribution in [2.75, 3.05) is 24.0 Å². The Hall–Kier alpha value is 0.210. The fourth-order valence-corrected chi connectivity index (χ4v) is 5.03. The third kappa shape index (κ3) is 11.7. The summed E-state index contributed by atoms with van der Waals surface area (Å²) in [6.45, 7) is 9.08. The smallest absolute Gasteiger partial charge is 0.155 e. The molecule has 1 heterocycles. The topological polar surface area (TPSA) is 91.3 Å². The molecular formula is C14H32O5S3. The molecule has 0 aromatic heterocycles. The van der Waals surface area contributed by atoms with E-state index < -0.39 is 30.9 Å². The molecule has 0 N–H and O–H groups in total. The molecule has 22 heavy (non-hydrogen) atoms. The maximum atomic E-state index is 11.3. The van der Waals surface area contributed by atoms with Gasteiger partial charge in [0.25, 0.3) is 0 Å². The van der Waals surface area contributed by atoms with Crippen molar-refractivity contribution in [2.45, 2.75) is 58.0 Å². The maximum Gasteiger partial charge on any atom is 0.155 e. The van der Waals surface area contributed by atoms with E-state index in [2.05, 4.69) is 0 Å². The lowest BCUT2D eigenvalue weighted by Gasteiger charge is -2.12. The first kappa shape index (κ1) is 24.5. The van der Waals surface area contributed by atoms with Gasteiger partial charge in [-0.25, -0.2) is 16.8 Å². The predicted octanol–water partition coefficient (Wildman–Crippen LogP) is 2.04. The van der Waals surface area contributed by atoms with Crippen LogP contribution < -0.4 is 0 Å². The summed E-state index contributed by atoms with van der Waals surface area (Å²) in [6, 6.07) is 0. The van der Waals surface area contributed by atoms with Crippen molar-refractivity contribution in [1.29, 1.82) is 0 Å². The summed E-state index contributed by atoms with van der Waals surface area (Å²) < 4.78 is 53.4. The van der Waals surface area contributed by atoms with Gasteiger partial charge in [-0.15, -0.1) is 0 Å². The molecule has 0 aromatic carbocycles. The second-order valence-corrected chi connectivity index (χ2v) is 12.7. The molecule has 5 nitrogen and oxygen atoms in total. The van der Waals surface area contributed by atoms with Crippen LogP contribution in [0, 0.1) is 5.92 Å². The zero-order valence-corrected chi connectivity index (χ0v) is 17.3. The molecular weight excluding hydrogens is 344 g/mol. The zero-order chi connectivity index (χ0) is 18.1. The van der Waals surface area contributed by atoms with Gasteiger partial charge in [-0.3, -0.25) is 0 Å². The van der Waals surface area contributed by atoms with Crippen molar-refractivity contribution >= 4 is 30.9 Å². The highest BCUT2D eigenvalue weighted by atomic mass is 32.2. The van der Waals surface area contributed by atoms with Crippen LogP contribution in [0.15, 0.2) is 0 Å². The Kier molecular flexibility index (Phi) is 12.1. The number of hydrogen-bond donors (Lipinski definition) is 0. The zero-order valence-electron chi connectivity index (χ0n) is 14.8. The Bertz CT molecular complexity index is 478. The molecule has 1 rings (SSSR count). The molecule has 0 bridgehead atoms. The standard InChI is InChI=1S/C7H16O2S.C5H10O2S.C2H6OS/c1-5-7(4)10(8,9)6(2)3;1-5-2-3-8(6,7)4-5;1-4(2)3/h6-7H,5H2,1-4H3;5H,2-4H2,1H3;1-2H3. The SMILES string of the molecule is CC1CCS(=O)(=O)C1.CCC(C)S(=O)(=O)C(C)C.C[S+](C)[O-]. The van der Waals surface area contributed by atoms with E-state index in [1.54, 1.807) is 33.3 Å². The summed E-state index contributed by atoms with van der Waals surface area (Å²) in [5.74, 6) is 1.22. The van der Waals surface area contributed by atoms with Gasteiger partial charge in [-0.1, -0.05) is 25.0 Å². The minimum absolute atomic E-state index is 0.188. The van der Waals surface area contributed by atoms with Crippen LogP contribution in [-0.2, 0) is 30.9 Å². The molecule has 1 fully saturated rings. The predicted molar refractivity (Wildman–Crippen MR) is 96.2 cm³/mol. The van der Waals surface area contributed by atoms with Crippen molar-refractivity contribution in [2.24, 2.45) is 5.92 Å². The quantitative estimate of drug-likeness (QED) is 0.703. The molecule has 1 aliphatic heterocycles. The average Bonchev–Trinajstić information content (AvgIpc) is 2.65. The molecule has 0 spiro atoms. The van der Waals surface area contributed by atoms with Crippen LogP contribution in [0.3, 0.4) is 0 Å². The van der Waals surface area contributed by atoms with Gasteiger partial charge in [0.1, 0.15) is 0 Å². The van der Waals surface area contributed by atoms with Crippen molar-refractivity contribution in [1.82, 2.24) is 0 Å². The van der Waals surface area contributed by atoms with Crippen LogP contribution in [0.5, 0.6) is 0 Å². The minimum Gasteiger partial charge on any atom is -0.617 e. The molecule has 0 amide bonds. The van der Waals surface area contributed by atoms with Gasteiger partial charge in [0.2, 0.25) is 0 Å². The monoisotopic (exact) mass is 376 g/mol. The minimum atomic E-state index is -2.83. The molecule has 2 atom stereocenters. The third-order valence-electron chi connectivity index (χ3n) is 3.25. The number of hydrogen-bond acceptors (Lipinski definition) is 5. The highest BCUT2D eigenvalue weighted by Crippen LogP contribution is 2.16. The van der Waals surface area contributed by atoms with Gasteiger partial charge in [0.15, 0.2) is 19.7 Å². The first-order valence-corrected chi connectivity index (χ1v) is 12.8. The Morgan fingerprint density at radius 2 is 1.64 bits per heavy atom. The normalized spacial score (nSPS) is 21.6. The maximum absolute atomic E-state index is 11.3. The van der Waals surface area contributed by atoms with E-state index in [9.17, 15) is 21.4 Å². The van der Waals surface area contributed by atoms with E-state index in [1.165, 1.54) is 0 Å². The molecule has 2 unspecified atom stereocenters. The van der Waals surface area contributed by atoms with Crippen molar-refractivity contribution in [3.05, 3.63) is 0 Å². The van der Waals surface area contributed by atoms with E-state index in [4.69, 9.17) is 0 Å². The molecule has 0 radical (unpaired) electrons. The second-order valence-electron chi connectivity index (χ2n) is 6.11. The number of sulfone groups is 2. The largest absolute Gasteiger partial charge is 0.617 e. The highest BCUT2D eigenvalue weighted by Gasteiger charge is 2.23.